The Morgan fingerprint density at radius 1 is 1.50 bits per heavy atom. The molecular formula is C13H16FNO3. The second-order valence-corrected chi connectivity index (χ2v) is 4.99. The Kier molecular flexibility index (Phi) is 3.26. The molecule has 0 aliphatic carbocycles. The van der Waals surface area contributed by atoms with Gasteiger partial charge in [0.15, 0.2) is 0 Å². The summed E-state index contributed by atoms with van der Waals surface area (Å²) in [5.41, 5.74) is 0.158. The fourth-order valence-corrected chi connectivity index (χ4v) is 2.18. The van der Waals surface area contributed by atoms with Crippen LogP contribution in [0.3, 0.4) is 0 Å². The largest absolute Gasteiger partial charge is 0.478 e. The molecule has 1 aromatic carbocycles. The highest BCUT2D eigenvalue weighted by Gasteiger charge is 2.31. The molecule has 1 aliphatic rings. The van der Waals surface area contributed by atoms with E-state index in [1.165, 1.54) is 12.1 Å². The average molecular weight is 253 g/mol. The lowest BCUT2D eigenvalue weighted by Gasteiger charge is -2.43. The highest BCUT2D eigenvalue weighted by molar-refractivity contribution is 5.88. The van der Waals surface area contributed by atoms with Gasteiger partial charge >= 0.3 is 5.97 Å². The quantitative estimate of drug-likeness (QED) is 0.877. The molecule has 1 saturated heterocycles. The van der Waals surface area contributed by atoms with Gasteiger partial charge in [-0.05, 0) is 32.0 Å². The number of hydrogen-bond donors (Lipinski definition) is 1. The molecule has 0 bridgehead atoms. The molecule has 98 valence electrons. The van der Waals surface area contributed by atoms with E-state index in [-0.39, 0.29) is 11.1 Å². The molecule has 1 fully saturated rings. The van der Waals surface area contributed by atoms with Crippen molar-refractivity contribution in [1.29, 1.82) is 0 Å². The molecule has 0 radical (unpaired) electrons. The molecule has 1 N–H and O–H groups in total. The van der Waals surface area contributed by atoms with E-state index in [0.717, 1.165) is 0 Å². The number of aromatic carboxylic acids is 1. The van der Waals surface area contributed by atoms with E-state index >= 15 is 0 Å². The summed E-state index contributed by atoms with van der Waals surface area (Å²) >= 11 is 0. The fraction of sp³-hybridized carbons (Fsp3) is 0.462. The van der Waals surface area contributed by atoms with Crippen LogP contribution >= 0.6 is 0 Å². The van der Waals surface area contributed by atoms with Crippen LogP contribution < -0.4 is 4.90 Å². The molecule has 1 aliphatic heterocycles. The van der Waals surface area contributed by atoms with Crippen LogP contribution in [0, 0.1) is 5.82 Å². The molecule has 1 heterocycles. The Labute approximate surface area is 105 Å². The van der Waals surface area contributed by atoms with Gasteiger partial charge in [0, 0.05) is 12.2 Å². The van der Waals surface area contributed by atoms with Crippen molar-refractivity contribution in [2.45, 2.75) is 19.4 Å². The summed E-state index contributed by atoms with van der Waals surface area (Å²) in [6, 6.07) is 4.22. The van der Waals surface area contributed by atoms with E-state index in [2.05, 4.69) is 0 Å². The van der Waals surface area contributed by atoms with E-state index in [0.29, 0.717) is 25.4 Å². The Morgan fingerprint density at radius 3 is 2.78 bits per heavy atom. The molecule has 18 heavy (non-hydrogen) atoms. The van der Waals surface area contributed by atoms with Crippen molar-refractivity contribution >= 4 is 11.7 Å². The molecule has 2 rings (SSSR count). The predicted octanol–water partition coefficient (Wildman–Crippen LogP) is 2.14. The second-order valence-electron chi connectivity index (χ2n) is 4.99. The fourth-order valence-electron chi connectivity index (χ4n) is 2.18. The molecule has 0 amide bonds. The third-order valence-electron chi connectivity index (χ3n) is 3.14. The Morgan fingerprint density at radius 2 is 2.22 bits per heavy atom. The molecule has 0 saturated carbocycles. The van der Waals surface area contributed by atoms with Crippen molar-refractivity contribution in [3.63, 3.8) is 0 Å². The number of anilines is 1. The minimum Gasteiger partial charge on any atom is -0.478 e. The Bertz CT molecular complexity index is 473. The lowest BCUT2D eigenvalue weighted by molar-refractivity contribution is 0.0643. The zero-order chi connectivity index (χ0) is 13.3. The number of benzene rings is 1. The molecular weight excluding hydrogens is 237 g/mol. The number of hydrogen-bond acceptors (Lipinski definition) is 3. The lowest BCUT2D eigenvalue weighted by Crippen LogP contribution is -2.53. The number of carbonyl (C=O) groups is 1. The Balaban J connectivity index is 2.34. The van der Waals surface area contributed by atoms with E-state index in [1.807, 2.05) is 18.7 Å². The van der Waals surface area contributed by atoms with Crippen LogP contribution in [0.25, 0.3) is 0 Å². The van der Waals surface area contributed by atoms with Gasteiger partial charge in [0.1, 0.15) is 5.82 Å². The minimum absolute atomic E-state index is 0.227. The maximum Gasteiger partial charge on any atom is 0.338 e. The summed E-state index contributed by atoms with van der Waals surface area (Å²) in [5, 5.41) is 8.80. The maximum atomic E-state index is 13.7. The van der Waals surface area contributed by atoms with Crippen molar-refractivity contribution in [2.24, 2.45) is 0 Å². The first kappa shape index (κ1) is 12.8. The number of rotatable bonds is 2. The van der Waals surface area contributed by atoms with E-state index in [1.54, 1.807) is 6.07 Å². The predicted molar refractivity (Wildman–Crippen MR) is 65.6 cm³/mol. The zero-order valence-electron chi connectivity index (χ0n) is 10.4. The third-order valence-corrected chi connectivity index (χ3v) is 3.14. The number of carboxylic acids is 1. The summed E-state index contributed by atoms with van der Waals surface area (Å²) in [5.74, 6) is -1.96. The van der Waals surface area contributed by atoms with Gasteiger partial charge in [-0.15, -0.1) is 0 Å². The van der Waals surface area contributed by atoms with Crippen LogP contribution in [-0.4, -0.2) is 36.4 Å². The first-order valence-corrected chi connectivity index (χ1v) is 5.80. The topological polar surface area (TPSA) is 49.8 Å². The standard InChI is InChI=1S/C13H16FNO3/c1-13(2)8-18-6-5-15(13)9-3-4-10(12(16)17)11(14)7-9/h3-4,7H,5-6,8H2,1-2H3,(H,16,17). The summed E-state index contributed by atoms with van der Waals surface area (Å²) < 4.78 is 19.1. The first-order valence-electron chi connectivity index (χ1n) is 5.80. The smallest absolute Gasteiger partial charge is 0.338 e. The number of nitrogens with zero attached hydrogens (tertiary/aromatic N) is 1. The van der Waals surface area contributed by atoms with Crippen LogP contribution in [0.15, 0.2) is 18.2 Å². The highest BCUT2D eigenvalue weighted by atomic mass is 19.1. The number of morpholine rings is 1. The monoisotopic (exact) mass is 253 g/mol. The van der Waals surface area contributed by atoms with Crippen LogP contribution in [0.1, 0.15) is 24.2 Å². The number of carboxylic acid groups (broad SMARTS) is 1. The molecule has 1 aromatic rings. The molecule has 0 unspecified atom stereocenters. The molecule has 5 heteroatoms. The molecule has 0 atom stereocenters. The zero-order valence-corrected chi connectivity index (χ0v) is 10.4. The second kappa shape index (κ2) is 4.57. The van der Waals surface area contributed by atoms with Crippen LogP contribution in [0.5, 0.6) is 0 Å². The van der Waals surface area contributed by atoms with Gasteiger partial charge in [-0.3, -0.25) is 0 Å². The Hall–Kier alpha value is -1.62. The van der Waals surface area contributed by atoms with Crippen LogP contribution in [0.2, 0.25) is 0 Å². The van der Waals surface area contributed by atoms with Crippen LogP contribution in [-0.2, 0) is 4.74 Å². The number of halogens is 1. The average Bonchev–Trinajstić information content (AvgIpc) is 2.27. The van der Waals surface area contributed by atoms with E-state index < -0.39 is 11.8 Å². The summed E-state index contributed by atoms with van der Waals surface area (Å²) in [7, 11) is 0. The van der Waals surface area contributed by atoms with Gasteiger partial charge < -0.3 is 14.7 Å². The molecule has 4 nitrogen and oxygen atoms in total. The van der Waals surface area contributed by atoms with Gasteiger partial charge in [0.05, 0.1) is 24.3 Å². The van der Waals surface area contributed by atoms with Crippen molar-refractivity contribution in [3.8, 4) is 0 Å². The van der Waals surface area contributed by atoms with Gasteiger partial charge in [-0.25, -0.2) is 9.18 Å². The molecule has 0 aromatic heterocycles. The minimum atomic E-state index is -1.25. The first-order chi connectivity index (χ1) is 8.42. The van der Waals surface area contributed by atoms with Crippen molar-refractivity contribution in [1.82, 2.24) is 0 Å². The van der Waals surface area contributed by atoms with Gasteiger partial charge in [0.25, 0.3) is 0 Å². The van der Waals surface area contributed by atoms with Crippen molar-refractivity contribution in [3.05, 3.63) is 29.6 Å². The van der Waals surface area contributed by atoms with E-state index in [4.69, 9.17) is 9.84 Å². The summed E-state index contributed by atoms with van der Waals surface area (Å²) in [6.07, 6.45) is 0. The third kappa shape index (κ3) is 2.31. The van der Waals surface area contributed by atoms with Gasteiger partial charge in [-0.2, -0.15) is 0 Å². The molecule has 0 spiro atoms. The lowest BCUT2D eigenvalue weighted by atomic mass is 10.0. The SMILES string of the molecule is CC1(C)COCCN1c1ccc(C(=O)O)c(F)c1. The van der Waals surface area contributed by atoms with Crippen molar-refractivity contribution < 1.29 is 19.0 Å². The maximum absolute atomic E-state index is 13.7. The van der Waals surface area contributed by atoms with Crippen molar-refractivity contribution in [2.75, 3.05) is 24.7 Å². The van der Waals surface area contributed by atoms with E-state index in [9.17, 15) is 9.18 Å². The van der Waals surface area contributed by atoms with Crippen LogP contribution in [0.4, 0.5) is 10.1 Å². The summed E-state index contributed by atoms with van der Waals surface area (Å²) in [4.78, 5) is 12.8. The highest BCUT2D eigenvalue weighted by Crippen LogP contribution is 2.28. The summed E-state index contributed by atoms with van der Waals surface area (Å²) in [6.45, 7) is 5.84. The van der Waals surface area contributed by atoms with Gasteiger partial charge in [-0.1, -0.05) is 0 Å². The normalized spacial score (nSPS) is 18.7. The number of ether oxygens (including phenoxy) is 1. The van der Waals surface area contributed by atoms with Gasteiger partial charge in [0.2, 0.25) is 0 Å².